The molecule has 0 aliphatic heterocycles. The minimum atomic E-state index is -0.391. The number of halogens is 2. The van der Waals surface area contributed by atoms with Crippen molar-refractivity contribution < 1.29 is 4.92 Å². The molecule has 0 saturated carbocycles. The van der Waals surface area contributed by atoms with E-state index in [1.54, 1.807) is 12.1 Å². The van der Waals surface area contributed by atoms with E-state index >= 15 is 0 Å². The predicted molar refractivity (Wildman–Crippen MR) is 87.0 cm³/mol. The third-order valence-electron chi connectivity index (χ3n) is 2.88. The molecule has 0 heterocycles. The number of nitrogens with one attached hydrogen (secondary N) is 1. The Bertz CT molecular complexity index is 660. The van der Waals surface area contributed by atoms with Crippen molar-refractivity contribution in [2.75, 3.05) is 5.32 Å². The van der Waals surface area contributed by atoms with Crippen LogP contribution in [0.4, 0.5) is 11.4 Å². The zero-order chi connectivity index (χ0) is 14.7. The monoisotopic (exact) mass is 398 g/mol. The molecule has 2 rings (SSSR count). The lowest BCUT2D eigenvalue weighted by atomic mass is 10.1. The minimum Gasteiger partial charge on any atom is -0.375 e. The van der Waals surface area contributed by atoms with E-state index in [0.29, 0.717) is 16.7 Å². The molecule has 0 aromatic heterocycles. The molecular weight excluding hydrogens is 388 g/mol. The molecule has 0 amide bonds. The maximum absolute atomic E-state index is 11.0. The normalized spacial score (nSPS) is 10.3. The van der Waals surface area contributed by atoms with Gasteiger partial charge in [0.1, 0.15) is 5.69 Å². The first-order valence-corrected chi connectivity index (χ1v) is 7.49. The van der Waals surface area contributed by atoms with Gasteiger partial charge in [-0.2, -0.15) is 0 Å². The Kier molecular flexibility index (Phi) is 4.77. The topological polar surface area (TPSA) is 55.2 Å². The van der Waals surface area contributed by atoms with Gasteiger partial charge in [0.05, 0.1) is 4.92 Å². The van der Waals surface area contributed by atoms with Crippen LogP contribution in [0.1, 0.15) is 11.1 Å². The van der Waals surface area contributed by atoms with Crippen molar-refractivity contribution in [2.24, 2.45) is 0 Å². The minimum absolute atomic E-state index is 0.0607. The van der Waals surface area contributed by atoms with Crippen LogP contribution >= 0.6 is 31.9 Å². The van der Waals surface area contributed by atoms with Gasteiger partial charge in [0.25, 0.3) is 5.69 Å². The summed E-state index contributed by atoms with van der Waals surface area (Å²) in [4.78, 5) is 10.6. The fraction of sp³-hybridized carbons (Fsp3) is 0.143. The Morgan fingerprint density at radius 3 is 2.60 bits per heavy atom. The molecule has 0 spiro atoms. The van der Waals surface area contributed by atoms with E-state index in [2.05, 4.69) is 37.2 Å². The van der Waals surface area contributed by atoms with E-state index in [-0.39, 0.29) is 5.69 Å². The van der Waals surface area contributed by atoms with Gasteiger partial charge in [-0.3, -0.25) is 10.1 Å². The second-order valence-corrected chi connectivity index (χ2v) is 6.13. The van der Waals surface area contributed by atoms with E-state index < -0.39 is 4.92 Å². The van der Waals surface area contributed by atoms with Crippen LogP contribution in [0.2, 0.25) is 0 Å². The lowest BCUT2D eigenvalue weighted by molar-refractivity contribution is -0.384. The molecule has 6 heteroatoms. The number of benzene rings is 2. The Morgan fingerprint density at radius 2 is 1.95 bits per heavy atom. The van der Waals surface area contributed by atoms with Crippen LogP contribution in [0.3, 0.4) is 0 Å². The van der Waals surface area contributed by atoms with Gasteiger partial charge in [-0.05, 0) is 36.2 Å². The molecule has 2 aromatic rings. The molecule has 0 aliphatic carbocycles. The van der Waals surface area contributed by atoms with Crippen molar-refractivity contribution in [2.45, 2.75) is 13.5 Å². The first-order chi connectivity index (χ1) is 9.47. The Hall–Kier alpha value is -1.40. The number of nitro groups is 1. The summed E-state index contributed by atoms with van der Waals surface area (Å²) < 4.78 is 1.72. The second kappa shape index (κ2) is 6.37. The number of rotatable bonds is 4. The highest BCUT2D eigenvalue weighted by molar-refractivity contribution is 9.10. The highest BCUT2D eigenvalue weighted by Gasteiger charge is 2.13. The van der Waals surface area contributed by atoms with Gasteiger partial charge >= 0.3 is 0 Å². The second-order valence-electron chi connectivity index (χ2n) is 4.36. The van der Waals surface area contributed by atoms with E-state index in [0.717, 1.165) is 15.6 Å². The van der Waals surface area contributed by atoms with Crippen molar-refractivity contribution in [1.29, 1.82) is 0 Å². The number of aryl methyl sites for hydroxylation is 1. The van der Waals surface area contributed by atoms with Crippen LogP contribution in [0.25, 0.3) is 0 Å². The maximum Gasteiger partial charge on any atom is 0.293 e. The van der Waals surface area contributed by atoms with Crippen molar-refractivity contribution in [3.05, 3.63) is 66.6 Å². The standard InChI is InChI=1S/C14H12Br2N2O2/c1-9-2-3-10(6-12(9)16)8-17-13-5-4-11(15)7-14(13)18(19)20/h2-7,17H,8H2,1H3. The van der Waals surface area contributed by atoms with Crippen molar-refractivity contribution >= 4 is 43.2 Å². The Balaban J connectivity index is 2.18. The summed E-state index contributed by atoms with van der Waals surface area (Å²) in [7, 11) is 0. The zero-order valence-electron chi connectivity index (χ0n) is 10.7. The maximum atomic E-state index is 11.0. The number of nitro benzene ring substituents is 1. The fourth-order valence-corrected chi connectivity index (χ4v) is 2.52. The molecule has 104 valence electrons. The molecular formula is C14H12Br2N2O2. The number of hydrogen-bond acceptors (Lipinski definition) is 3. The molecule has 0 unspecified atom stereocenters. The van der Waals surface area contributed by atoms with Gasteiger partial charge in [-0.25, -0.2) is 0 Å². The molecule has 0 aliphatic rings. The predicted octanol–water partition coefficient (Wildman–Crippen LogP) is 5.04. The molecule has 0 fully saturated rings. The lowest BCUT2D eigenvalue weighted by Gasteiger charge is -2.08. The molecule has 1 N–H and O–H groups in total. The third kappa shape index (κ3) is 3.58. The molecule has 20 heavy (non-hydrogen) atoms. The molecule has 0 radical (unpaired) electrons. The van der Waals surface area contributed by atoms with Crippen molar-refractivity contribution in [1.82, 2.24) is 0 Å². The number of anilines is 1. The van der Waals surface area contributed by atoms with Crippen LogP contribution in [-0.4, -0.2) is 4.92 Å². The van der Waals surface area contributed by atoms with Crippen LogP contribution in [0.5, 0.6) is 0 Å². The van der Waals surface area contributed by atoms with Crippen molar-refractivity contribution in [3.63, 3.8) is 0 Å². The highest BCUT2D eigenvalue weighted by Crippen LogP contribution is 2.28. The van der Waals surface area contributed by atoms with Gasteiger partial charge < -0.3 is 5.32 Å². The first kappa shape index (κ1) is 15.0. The SMILES string of the molecule is Cc1ccc(CNc2ccc(Br)cc2[N+](=O)[O-])cc1Br. The smallest absolute Gasteiger partial charge is 0.293 e. The summed E-state index contributed by atoms with van der Waals surface area (Å²) in [5.74, 6) is 0. The van der Waals surface area contributed by atoms with Crippen LogP contribution in [0.15, 0.2) is 45.3 Å². The summed E-state index contributed by atoms with van der Waals surface area (Å²) in [5.41, 5.74) is 2.78. The molecule has 0 saturated heterocycles. The van der Waals surface area contributed by atoms with E-state index in [1.165, 1.54) is 6.07 Å². The highest BCUT2D eigenvalue weighted by atomic mass is 79.9. The third-order valence-corrected chi connectivity index (χ3v) is 4.22. The average Bonchev–Trinajstić information content (AvgIpc) is 2.41. The molecule has 0 bridgehead atoms. The van der Waals surface area contributed by atoms with Gasteiger partial charge in [0, 0.05) is 21.6 Å². The number of hydrogen-bond donors (Lipinski definition) is 1. The van der Waals surface area contributed by atoms with Gasteiger partial charge in [0.15, 0.2) is 0 Å². The zero-order valence-corrected chi connectivity index (χ0v) is 13.9. The van der Waals surface area contributed by atoms with Gasteiger partial charge in [0.2, 0.25) is 0 Å². The van der Waals surface area contributed by atoms with E-state index in [4.69, 9.17) is 0 Å². The van der Waals surface area contributed by atoms with Gasteiger partial charge in [-0.15, -0.1) is 0 Å². The Labute approximate surface area is 133 Å². The molecule has 4 nitrogen and oxygen atoms in total. The van der Waals surface area contributed by atoms with Crippen LogP contribution in [-0.2, 0) is 6.54 Å². The average molecular weight is 400 g/mol. The van der Waals surface area contributed by atoms with E-state index in [9.17, 15) is 10.1 Å². The summed E-state index contributed by atoms with van der Waals surface area (Å²) >= 11 is 6.72. The molecule has 0 atom stereocenters. The Morgan fingerprint density at radius 1 is 1.20 bits per heavy atom. The fourth-order valence-electron chi connectivity index (χ4n) is 1.75. The molecule has 2 aromatic carbocycles. The largest absolute Gasteiger partial charge is 0.375 e. The number of nitrogens with zero attached hydrogens (tertiary/aromatic N) is 1. The lowest BCUT2D eigenvalue weighted by Crippen LogP contribution is -2.02. The first-order valence-electron chi connectivity index (χ1n) is 5.90. The van der Waals surface area contributed by atoms with Gasteiger partial charge in [-0.1, -0.05) is 44.0 Å². The summed E-state index contributed by atoms with van der Waals surface area (Å²) in [6, 6.07) is 11.0. The summed E-state index contributed by atoms with van der Waals surface area (Å²) in [5, 5.41) is 14.1. The van der Waals surface area contributed by atoms with Crippen LogP contribution < -0.4 is 5.32 Å². The summed E-state index contributed by atoms with van der Waals surface area (Å²) in [6.07, 6.45) is 0. The summed E-state index contributed by atoms with van der Waals surface area (Å²) in [6.45, 7) is 2.54. The quantitative estimate of drug-likeness (QED) is 0.578. The van der Waals surface area contributed by atoms with Crippen molar-refractivity contribution in [3.8, 4) is 0 Å². The van der Waals surface area contributed by atoms with Crippen LogP contribution in [0, 0.1) is 17.0 Å². The van der Waals surface area contributed by atoms with E-state index in [1.807, 2.05) is 25.1 Å².